The van der Waals surface area contributed by atoms with E-state index in [1.807, 2.05) is 41.9 Å². The standard InChI is InChI=1S/C7H10IN/c1-6(2)4-5-7(3)9-8/h4-5,9H,1,3H2,2H3/b5-4-. The Morgan fingerprint density at radius 1 is 1.44 bits per heavy atom. The second-order valence-corrected chi connectivity index (χ2v) is 2.34. The molecule has 0 saturated heterocycles. The summed E-state index contributed by atoms with van der Waals surface area (Å²) in [5.41, 5.74) is 1.92. The summed E-state index contributed by atoms with van der Waals surface area (Å²) in [5, 5.41) is 0. The largest absolute Gasteiger partial charge is 0.329 e. The Morgan fingerprint density at radius 2 is 2.00 bits per heavy atom. The molecule has 0 atom stereocenters. The van der Waals surface area contributed by atoms with E-state index in [1.54, 1.807) is 0 Å². The molecule has 0 aliphatic rings. The Morgan fingerprint density at radius 3 is 2.33 bits per heavy atom. The Labute approximate surface area is 70.0 Å². The summed E-state index contributed by atoms with van der Waals surface area (Å²) in [7, 11) is 0. The minimum atomic E-state index is 0.888. The molecule has 0 bridgehead atoms. The lowest BCUT2D eigenvalue weighted by Gasteiger charge is -1.92. The first-order valence-corrected chi connectivity index (χ1v) is 3.64. The summed E-state index contributed by atoms with van der Waals surface area (Å²) in [6.45, 7) is 9.34. The van der Waals surface area contributed by atoms with Crippen LogP contribution in [0.2, 0.25) is 0 Å². The van der Waals surface area contributed by atoms with Crippen molar-refractivity contribution in [3.05, 3.63) is 36.6 Å². The molecule has 0 unspecified atom stereocenters. The highest BCUT2D eigenvalue weighted by Gasteiger charge is 1.78. The number of hydrogen-bond donors (Lipinski definition) is 1. The van der Waals surface area contributed by atoms with Gasteiger partial charge in [-0.3, -0.25) is 0 Å². The van der Waals surface area contributed by atoms with Gasteiger partial charge in [-0.25, -0.2) is 0 Å². The van der Waals surface area contributed by atoms with Crippen molar-refractivity contribution in [1.82, 2.24) is 3.53 Å². The van der Waals surface area contributed by atoms with Crippen molar-refractivity contribution in [2.45, 2.75) is 6.92 Å². The van der Waals surface area contributed by atoms with E-state index in [1.165, 1.54) is 0 Å². The number of halogens is 1. The number of nitrogens with one attached hydrogen (secondary N) is 1. The maximum atomic E-state index is 3.70. The van der Waals surface area contributed by atoms with Gasteiger partial charge < -0.3 is 3.53 Å². The molecule has 0 aliphatic heterocycles. The SMILES string of the molecule is C=C(C)/C=C\C(=C)NI. The van der Waals surface area contributed by atoms with Crippen molar-refractivity contribution in [2.75, 3.05) is 0 Å². The molecule has 2 heteroatoms. The second-order valence-electron chi connectivity index (χ2n) is 1.80. The van der Waals surface area contributed by atoms with Crippen LogP contribution in [0.5, 0.6) is 0 Å². The van der Waals surface area contributed by atoms with Crippen LogP contribution in [0.25, 0.3) is 0 Å². The first-order valence-electron chi connectivity index (χ1n) is 2.56. The summed E-state index contributed by atoms with van der Waals surface area (Å²) >= 11 is 2.03. The van der Waals surface area contributed by atoms with E-state index >= 15 is 0 Å². The summed E-state index contributed by atoms with van der Waals surface area (Å²) in [5.74, 6) is 0. The Bertz CT molecular complexity index is 147. The fraction of sp³-hybridized carbons (Fsp3) is 0.143. The van der Waals surface area contributed by atoms with Gasteiger partial charge in [0, 0.05) is 5.70 Å². The van der Waals surface area contributed by atoms with Gasteiger partial charge in [-0.05, 0) is 13.0 Å². The van der Waals surface area contributed by atoms with E-state index in [0.717, 1.165) is 11.3 Å². The van der Waals surface area contributed by atoms with Gasteiger partial charge in [-0.15, -0.1) is 0 Å². The zero-order valence-corrected chi connectivity index (χ0v) is 7.60. The lowest BCUT2D eigenvalue weighted by atomic mass is 10.3. The van der Waals surface area contributed by atoms with Gasteiger partial charge >= 0.3 is 0 Å². The van der Waals surface area contributed by atoms with E-state index in [0.29, 0.717) is 0 Å². The molecule has 9 heavy (non-hydrogen) atoms. The Balaban J connectivity index is 3.71. The fourth-order valence-electron chi connectivity index (χ4n) is 0.274. The Kier molecular flexibility index (Phi) is 4.48. The third-order valence-electron chi connectivity index (χ3n) is 0.690. The minimum absolute atomic E-state index is 0.888. The van der Waals surface area contributed by atoms with Crippen LogP contribution in [-0.2, 0) is 0 Å². The lowest BCUT2D eigenvalue weighted by Crippen LogP contribution is -1.90. The monoisotopic (exact) mass is 235 g/mol. The molecule has 0 aliphatic carbocycles. The second kappa shape index (κ2) is 4.61. The molecular formula is C7H10IN. The Hall–Kier alpha value is -0.250. The van der Waals surface area contributed by atoms with Crippen molar-refractivity contribution in [1.29, 1.82) is 0 Å². The van der Waals surface area contributed by atoms with Gasteiger partial charge in [0.1, 0.15) is 0 Å². The third-order valence-corrected chi connectivity index (χ3v) is 1.38. The molecule has 0 radical (unpaired) electrons. The van der Waals surface area contributed by atoms with Gasteiger partial charge in [0.15, 0.2) is 0 Å². The molecule has 1 nitrogen and oxygen atoms in total. The van der Waals surface area contributed by atoms with Crippen LogP contribution in [-0.4, -0.2) is 0 Å². The lowest BCUT2D eigenvalue weighted by molar-refractivity contribution is 1.36. The molecule has 1 N–H and O–H groups in total. The van der Waals surface area contributed by atoms with Gasteiger partial charge in [-0.2, -0.15) is 0 Å². The van der Waals surface area contributed by atoms with Crippen LogP contribution in [0.1, 0.15) is 6.92 Å². The summed E-state index contributed by atoms with van der Waals surface area (Å²) < 4.78 is 2.87. The topological polar surface area (TPSA) is 12.0 Å². The predicted octanol–water partition coefficient (Wildman–Crippen LogP) is 2.57. The highest BCUT2D eigenvalue weighted by atomic mass is 127. The van der Waals surface area contributed by atoms with E-state index in [4.69, 9.17) is 0 Å². The van der Waals surface area contributed by atoms with Gasteiger partial charge in [0.05, 0.1) is 22.9 Å². The molecule has 0 heterocycles. The smallest absolute Gasteiger partial charge is 0.0560 e. The maximum Gasteiger partial charge on any atom is 0.0560 e. The average Bonchev–Trinajstić information content (AvgIpc) is 1.83. The fourth-order valence-corrected chi connectivity index (χ4v) is 0.454. The van der Waals surface area contributed by atoms with Gasteiger partial charge in [-0.1, -0.05) is 24.8 Å². The van der Waals surface area contributed by atoms with Crippen molar-refractivity contribution >= 4 is 22.9 Å². The number of rotatable bonds is 3. The van der Waals surface area contributed by atoms with Crippen LogP contribution in [0.3, 0.4) is 0 Å². The molecule has 0 fully saturated rings. The number of hydrogen-bond acceptors (Lipinski definition) is 1. The molecule has 0 spiro atoms. The minimum Gasteiger partial charge on any atom is -0.329 e. The zero-order chi connectivity index (χ0) is 7.28. The molecule has 50 valence electrons. The van der Waals surface area contributed by atoms with E-state index in [9.17, 15) is 0 Å². The summed E-state index contributed by atoms with van der Waals surface area (Å²) in [6.07, 6.45) is 3.79. The molecular weight excluding hydrogens is 225 g/mol. The highest BCUT2D eigenvalue weighted by Crippen LogP contribution is 1.94. The molecule has 0 aromatic heterocycles. The van der Waals surface area contributed by atoms with Gasteiger partial charge in [0.25, 0.3) is 0 Å². The quantitative estimate of drug-likeness (QED) is 0.450. The van der Waals surface area contributed by atoms with E-state index in [2.05, 4.69) is 16.7 Å². The van der Waals surface area contributed by atoms with Crippen molar-refractivity contribution in [2.24, 2.45) is 0 Å². The molecule has 0 rings (SSSR count). The highest BCUT2D eigenvalue weighted by molar-refractivity contribution is 14.1. The normalized spacial score (nSPS) is 9.56. The van der Waals surface area contributed by atoms with Crippen LogP contribution < -0.4 is 3.53 Å². The first-order chi connectivity index (χ1) is 4.16. The summed E-state index contributed by atoms with van der Waals surface area (Å²) in [6, 6.07) is 0. The van der Waals surface area contributed by atoms with Crippen molar-refractivity contribution in [3.8, 4) is 0 Å². The van der Waals surface area contributed by atoms with E-state index in [-0.39, 0.29) is 0 Å². The van der Waals surface area contributed by atoms with Crippen LogP contribution in [0, 0.1) is 0 Å². The zero-order valence-electron chi connectivity index (χ0n) is 5.45. The molecule has 0 amide bonds. The predicted molar refractivity (Wildman–Crippen MR) is 50.2 cm³/mol. The van der Waals surface area contributed by atoms with Crippen molar-refractivity contribution < 1.29 is 0 Å². The van der Waals surface area contributed by atoms with Crippen LogP contribution in [0.15, 0.2) is 36.6 Å². The molecule has 0 aromatic carbocycles. The molecule has 0 saturated carbocycles. The van der Waals surface area contributed by atoms with Crippen LogP contribution in [0.4, 0.5) is 0 Å². The number of allylic oxidation sites excluding steroid dienone is 3. The van der Waals surface area contributed by atoms with Gasteiger partial charge in [0.2, 0.25) is 0 Å². The maximum absolute atomic E-state index is 3.70. The first kappa shape index (κ1) is 8.75. The summed E-state index contributed by atoms with van der Waals surface area (Å²) in [4.78, 5) is 0. The van der Waals surface area contributed by atoms with E-state index < -0.39 is 0 Å². The average molecular weight is 235 g/mol. The third kappa shape index (κ3) is 5.62. The van der Waals surface area contributed by atoms with Crippen molar-refractivity contribution in [3.63, 3.8) is 0 Å². The molecule has 0 aromatic rings. The van der Waals surface area contributed by atoms with Crippen LogP contribution >= 0.6 is 22.9 Å².